The van der Waals surface area contributed by atoms with Crippen LogP contribution in [0.3, 0.4) is 0 Å². The van der Waals surface area contributed by atoms with Crippen molar-refractivity contribution in [2.75, 3.05) is 25.1 Å². The van der Waals surface area contributed by atoms with Crippen LogP contribution in [-0.4, -0.2) is 26.1 Å². The van der Waals surface area contributed by atoms with E-state index in [2.05, 4.69) is 10.2 Å². The van der Waals surface area contributed by atoms with Gasteiger partial charge in [-0.1, -0.05) is 18.2 Å². The number of carbonyl (C=O) groups excluding carboxylic acids is 1. The second kappa shape index (κ2) is 7.18. The van der Waals surface area contributed by atoms with Gasteiger partial charge in [0.2, 0.25) is 0 Å². The molecule has 2 aromatic carbocycles. The minimum Gasteiger partial charge on any atom is -0.496 e. The summed E-state index contributed by atoms with van der Waals surface area (Å²) in [5.74, 6) is 0.723. The van der Waals surface area contributed by atoms with Crippen molar-refractivity contribution < 1.29 is 9.53 Å². The zero-order valence-corrected chi connectivity index (χ0v) is 13.4. The van der Waals surface area contributed by atoms with E-state index in [-0.39, 0.29) is 5.91 Å². The van der Waals surface area contributed by atoms with Gasteiger partial charge >= 0.3 is 0 Å². The number of hydrogen-bond donors (Lipinski definition) is 1. The lowest BCUT2D eigenvalue weighted by Gasteiger charge is -2.17. The third kappa shape index (κ3) is 3.65. The molecule has 0 aromatic heterocycles. The molecule has 23 heavy (non-hydrogen) atoms. The minimum atomic E-state index is -0.0659. The summed E-state index contributed by atoms with van der Waals surface area (Å²) in [5.41, 5.74) is 2.85. The van der Waals surface area contributed by atoms with Crippen LogP contribution in [0.15, 0.2) is 48.5 Å². The van der Waals surface area contributed by atoms with Gasteiger partial charge in [0.25, 0.3) is 5.91 Å². The third-order valence-electron chi connectivity index (χ3n) is 4.23. The van der Waals surface area contributed by atoms with Gasteiger partial charge < -0.3 is 15.0 Å². The average Bonchev–Trinajstić information content (AvgIpc) is 3.14. The van der Waals surface area contributed by atoms with Crippen LogP contribution in [0.4, 0.5) is 5.69 Å². The molecule has 0 radical (unpaired) electrons. The summed E-state index contributed by atoms with van der Waals surface area (Å²) >= 11 is 0. The molecule has 1 fully saturated rings. The van der Waals surface area contributed by atoms with Crippen LogP contribution in [0.5, 0.6) is 5.75 Å². The first kappa shape index (κ1) is 15.4. The van der Waals surface area contributed by atoms with Crippen molar-refractivity contribution in [3.63, 3.8) is 0 Å². The van der Waals surface area contributed by atoms with Crippen LogP contribution in [0, 0.1) is 0 Å². The van der Waals surface area contributed by atoms with Gasteiger partial charge in [-0.05, 0) is 43.2 Å². The number of rotatable bonds is 5. The number of ether oxygens (including phenoxy) is 1. The molecule has 0 saturated carbocycles. The van der Waals surface area contributed by atoms with E-state index in [1.54, 1.807) is 7.11 Å². The van der Waals surface area contributed by atoms with Crippen molar-refractivity contribution in [3.8, 4) is 5.75 Å². The maximum Gasteiger partial charge on any atom is 0.251 e. The SMILES string of the molecule is COc1ccccc1CNC(=O)c1ccc(N2CCCC2)cc1. The fourth-order valence-corrected chi connectivity index (χ4v) is 2.93. The van der Waals surface area contributed by atoms with Crippen LogP contribution in [0.25, 0.3) is 0 Å². The number of nitrogens with one attached hydrogen (secondary N) is 1. The Morgan fingerprint density at radius 2 is 1.78 bits per heavy atom. The number of carbonyl (C=O) groups is 1. The monoisotopic (exact) mass is 310 g/mol. The largest absolute Gasteiger partial charge is 0.496 e. The second-order valence-electron chi connectivity index (χ2n) is 5.74. The molecule has 1 aliphatic rings. The van der Waals surface area contributed by atoms with E-state index in [0.717, 1.165) is 24.4 Å². The Labute approximate surface area is 137 Å². The summed E-state index contributed by atoms with van der Waals surface area (Å²) in [4.78, 5) is 14.6. The molecule has 1 heterocycles. The topological polar surface area (TPSA) is 41.6 Å². The van der Waals surface area contributed by atoms with E-state index in [4.69, 9.17) is 4.74 Å². The fraction of sp³-hybridized carbons (Fsp3) is 0.316. The molecule has 4 nitrogen and oxygen atoms in total. The van der Waals surface area contributed by atoms with E-state index in [0.29, 0.717) is 12.1 Å². The van der Waals surface area contributed by atoms with Gasteiger partial charge in [0.1, 0.15) is 5.75 Å². The van der Waals surface area contributed by atoms with Crippen molar-refractivity contribution >= 4 is 11.6 Å². The fourth-order valence-electron chi connectivity index (χ4n) is 2.93. The van der Waals surface area contributed by atoms with E-state index in [9.17, 15) is 4.79 Å². The first-order chi connectivity index (χ1) is 11.3. The van der Waals surface area contributed by atoms with Crippen LogP contribution in [-0.2, 0) is 6.54 Å². The molecule has 1 aliphatic heterocycles. The first-order valence-corrected chi connectivity index (χ1v) is 8.03. The number of hydrogen-bond acceptors (Lipinski definition) is 3. The normalized spacial score (nSPS) is 13.9. The number of amides is 1. The molecule has 1 N–H and O–H groups in total. The van der Waals surface area contributed by atoms with E-state index < -0.39 is 0 Å². The predicted molar refractivity (Wildman–Crippen MR) is 92.1 cm³/mol. The summed E-state index contributed by atoms with van der Waals surface area (Å²) < 4.78 is 5.30. The number of nitrogens with zero attached hydrogens (tertiary/aromatic N) is 1. The molecule has 0 unspecified atom stereocenters. The van der Waals surface area contributed by atoms with Crippen LogP contribution in [0.1, 0.15) is 28.8 Å². The molecule has 1 saturated heterocycles. The molecule has 0 spiro atoms. The third-order valence-corrected chi connectivity index (χ3v) is 4.23. The maximum absolute atomic E-state index is 12.3. The number of para-hydroxylation sites is 1. The van der Waals surface area contributed by atoms with Gasteiger partial charge in [-0.3, -0.25) is 4.79 Å². The van der Waals surface area contributed by atoms with Gasteiger partial charge in [-0.15, -0.1) is 0 Å². The van der Waals surface area contributed by atoms with Crippen LogP contribution >= 0.6 is 0 Å². The van der Waals surface area contributed by atoms with Gasteiger partial charge in [-0.2, -0.15) is 0 Å². The lowest BCUT2D eigenvalue weighted by molar-refractivity contribution is 0.0950. The van der Waals surface area contributed by atoms with Gasteiger partial charge in [0, 0.05) is 36.4 Å². The molecular formula is C19H22N2O2. The van der Waals surface area contributed by atoms with Gasteiger partial charge in [-0.25, -0.2) is 0 Å². The summed E-state index contributed by atoms with van der Waals surface area (Å²) in [6.45, 7) is 2.68. The Bertz CT molecular complexity index is 661. The molecule has 1 amide bonds. The van der Waals surface area contributed by atoms with E-state index >= 15 is 0 Å². The first-order valence-electron chi connectivity index (χ1n) is 8.03. The van der Waals surface area contributed by atoms with Crippen molar-refractivity contribution in [3.05, 3.63) is 59.7 Å². The molecule has 0 bridgehead atoms. The standard InChI is InChI=1S/C19H22N2O2/c1-23-18-7-3-2-6-16(18)14-20-19(22)15-8-10-17(11-9-15)21-12-4-5-13-21/h2-3,6-11H,4-5,12-14H2,1H3,(H,20,22). The molecule has 4 heteroatoms. The summed E-state index contributed by atoms with van der Waals surface area (Å²) in [7, 11) is 1.64. The predicted octanol–water partition coefficient (Wildman–Crippen LogP) is 3.23. The van der Waals surface area contributed by atoms with Gasteiger partial charge in [0.15, 0.2) is 0 Å². The van der Waals surface area contributed by atoms with Crippen molar-refractivity contribution in [1.29, 1.82) is 0 Å². The Morgan fingerprint density at radius 1 is 1.09 bits per heavy atom. The molecule has 120 valence electrons. The van der Waals surface area contributed by atoms with Crippen molar-refractivity contribution in [2.45, 2.75) is 19.4 Å². The smallest absolute Gasteiger partial charge is 0.251 e. The Balaban J connectivity index is 1.61. The highest BCUT2D eigenvalue weighted by Gasteiger charge is 2.13. The zero-order chi connectivity index (χ0) is 16.1. The molecular weight excluding hydrogens is 288 g/mol. The summed E-state index contributed by atoms with van der Waals surface area (Å²) in [5, 5.41) is 2.95. The van der Waals surface area contributed by atoms with E-state index in [1.807, 2.05) is 48.5 Å². The summed E-state index contributed by atoms with van der Waals surface area (Å²) in [6, 6.07) is 15.6. The molecule has 2 aromatic rings. The quantitative estimate of drug-likeness (QED) is 0.922. The van der Waals surface area contributed by atoms with Crippen LogP contribution < -0.4 is 15.0 Å². The summed E-state index contributed by atoms with van der Waals surface area (Å²) in [6.07, 6.45) is 2.50. The lowest BCUT2D eigenvalue weighted by Crippen LogP contribution is -2.23. The average molecular weight is 310 g/mol. The molecule has 0 aliphatic carbocycles. The highest BCUT2D eigenvalue weighted by molar-refractivity contribution is 5.94. The Kier molecular flexibility index (Phi) is 4.81. The van der Waals surface area contributed by atoms with Gasteiger partial charge in [0.05, 0.1) is 7.11 Å². The molecule has 0 atom stereocenters. The van der Waals surface area contributed by atoms with E-state index in [1.165, 1.54) is 18.5 Å². The zero-order valence-electron chi connectivity index (χ0n) is 13.4. The highest BCUT2D eigenvalue weighted by Crippen LogP contribution is 2.21. The van der Waals surface area contributed by atoms with Crippen LogP contribution in [0.2, 0.25) is 0 Å². The Hall–Kier alpha value is -2.49. The number of benzene rings is 2. The second-order valence-corrected chi connectivity index (χ2v) is 5.74. The van der Waals surface area contributed by atoms with Crippen molar-refractivity contribution in [1.82, 2.24) is 5.32 Å². The number of anilines is 1. The number of methoxy groups -OCH3 is 1. The minimum absolute atomic E-state index is 0.0659. The molecule has 3 rings (SSSR count). The highest BCUT2D eigenvalue weighted by atomic mass is 16.5. The Morgan fingerprint density at radius 3 is 2.48 bits per heavy atom. The maximum atomic E-state index is 12.3. The van der Waals surface area contributed by atoms with Crippen molar-refractivity contribution in [2.24, 2.45) is 0 Å². The lowest BCUT2D eigenvalue weighted by atomic mass is 10.1.